The molecule has 1 aromatic heterocycles. The van der Waals surface area contributed by atoms with Gasteiger partial charge in [-0.05, 0) is 12.3 Å². The predicted molar refractivity (Wildman–Crippen MR) is 67.6 cm³/mol. The highest BCUT2D eigenvalue weighted by Gasteiger charge is 2.05. The van der Waals surface area contributed by atoms with Gasteiger partial charge in [-0.2, -0.15) is 0 Å². The highest BCUT2D eigenvalue weighted by atomic mass is 16.5. The van der Waals surface area contributed by atoms with E-state index in [4.69, 9.17) is 9.26 Å². The molecule has 1 heterocycles. The van der Waals surface area contributed by atoms with Gasteiger partial charge in [0.1, 0.15) is 6.61 Å². The van der Waals surface area contributed by atoms with Crippen LogP contribution in [0, 0.1) is 5.92 Å². The van der Waals surface area contributed by atoms with Crippen molar-refractivity contribution in [3.8, 4) is 0 Å². The first kappa shape index (κ1) is 14.2. The second-order valence-corrected chi connectivity index (χ2v) is 5.06. The molecule has 0 saturated heterocycles. The predicted octanol–water partition coefficient (Wildman–Crippen LogP) is 2.74. The fraction of sp³-hybridized carbons (Fsp3) is 0.769. The van der Waals surface area contributed by atoms with Gasteiger partial charge in [0.25, 0.3) is 0 Å². The van der Waals surface area contributed by atoms with Crippen molar-refractivity contribution in [2.75, 3.05) is 6.61 Å². The van der Waals surface area contributed by atoms with Crippen LogP contribution in [0.1, 0.15) is 45.6 Å². The second kappa shape index (κ2) is 7.45. The Morgan fingerprint density at radius 3 is 2.76 bits per heavy atom. The number of aromatic nitrogens is 1. The summed E-state index contributed by atoms with van der Waals surface area (Å²) in [5.74, 6) is 1.48. The van der Waals surface area contributed by atoms with Crippen LogP contribution in [-0.4, -0.2) is 17.8 Å². The van der Waals surface area contributed by atoms with E-state index in [1.165, 1.54) is 0 Å². The number of rotatable bonds is 8. The lowest BCUT2D eigenvalue weighted by molar-refractivity contribution is 0.0924. The Hall–Kier alpha value is -0.870. The van der Waals surface area contributed by atoms with Crippen LogP contribution in [0.25, 0.3) is 0 Å². The molecule has 1 N–H and O–H groups in total. The van der Waals surface area contributed by atoms with Crippen LogP contribution in [-0.2, 0) is 17.9 Å². The zero-order valence-electron chi connectivity index (χ0n) is 11.3. The first-order valence-corrected chi connectivity index (χ1v) is 6.33. The fourth-order valence-electron chi connectivity index (χ4n) is 1.31. The molecule has 0 fully saturated rings. The molecular weight excluding hydrogens is 216 g/mol. The molecule has 0 atom stereocenters. The van der Waals surface area contributed by atoms with E-state index in [9.17, 15) is 0 Å². The van der Waals surface area contributed by atoms with Gasteiger partial charge < -0.3 is 14.6 Å². The van der Waals surface area contributed by atoms with Gasteiger partial charge in [-0.15, -0.1) is 0 Å². The maximum atomic E-state index is 5.52. The Bertz CT molecular complexity index is 308. The van der Waals surface area contributed by atoms with Gasteiger partial charge in [-0.1, -0.05) is 32.9 Å². The molecule has 0 bridgehead atoms. The minimum atomic E-state index is 0.456. The summed E-state index contributed by atoms with van der Waals surface area (Å²) in [4.78, 5) is 0. The molecule has 0 aliphatic carbocycles. The normalized spacial score (nSPS) is 11.6. The van der Waals surface area contributed by atoms with Gasteiger partial charge in [0.2, 0.25) is 0 Å². The summed E-state index contributed by atoms with van der Waals surface area (Å²) in [6.45, 7) is 10.6. The molecule has 98 valence electrons. The Balaban J connectivity index is 2.21. The standard InChI is InChI=1S/C13H24N2O2/c1-10(2)5-6-16-9-13-7-12(15-17-13)8-14-11(3)4/h7,10-11,14H,5-6,8-9H2,1-4H3. The lowest BCUT2D eigenvalue weighted by Crippen LogP contribution is -2.21. The smallest absolute Gasteiger partial charge is 0.162 e. The molecule has 0 aromatic carbocycles. The van der Waals surface area contributed by atoms with Gasteiger partial charge >= 0.3 is 0 Å². The first-order chi connectivity index (χ1) is 8.08. The number of nitrogens with one attached hydrogen (secondary N) is 1. The van der Waals surface area contributed by atoms with Crippen molar-refractivity contribution in [1.82, 2.24) is 10.5 Å². The average molecular weight is 240 g/mol. The van der Waals surface area contributed by atoms with Gasteiger partial charge in [0.05, 0.1) is 5.69 Å². The summed E-state index contributed by atoms with van der Waals surface area (Å²) in [6.07, 6.45) is 1.08. The minimum absolute atomic E-state index is 0.456. The summed E-state index contributed by atoms with van der Waals surface area (Å²) in [6, 6.07) is 2.41. The number of ether oxygens (including phenoxy) is 1. The molecule has 0 spiro atoms. The number of hydrogen-bond donors (Lipinski definition) is 1. The van der Waals surface area contributed by atoms with Crippen molar-refractivity contribution in [3.05, 3.63) is 17.5 Å². The molecule has 1 rings (SSSR count). The van der Waals surface area contributed by atoms with Crippen LogP contribution >= 0.6 is 0 Å². The van der Waals surface area contributed by atoms with E-state index < -0.39 is 0 Å². The third-order valence-corrected chi connectivity index (χ3v) is 2.38. The van der Waals surface area contributed by atoms with Crippen LogP contribution in [0.3, 0.4) is 0 Å². The van der Waals surface area contributed by atoms with Crippen molar-refractivity contribution < 1.29 is 9.26 Å². The maximum absolute atomic E-state index is 5.52. The summed E-state index contributed by atoms with van der Waals surface area (Å²) in [7, 11) is 0. The number of nitrogens with zero attached hydrogens (tertiary/aromatic N) is 1. The summed E-state index contributed by atoms with van der Waals surface area (Å²) in [5, 5.41) is 7.28. The molecule has 17 heavy (non-hydrogen) atoms. The second-order valence-electron chi connectivity index (χ2n) is 5.06. The Morgan fingerprint density at radius 1 is 1.35 bits per heavy atom. The van der Waals surface area contributed by atoms with Crippen LogP contribution in [0.5, 0.6) is 0 Å². The quantitative estimate of drug-likeness (QED) is 0.710. The monoisotopic (exact) mass is 240 g/mol. The van der Waals surface area contributed by atoms with Gasteiger partial charge in [-0.3, -0.25) is 0 Å². The molecule has 4 heteroatoms. The molecule has 0 amide bonds. The van der Waals surface area contributed by atoms with Crippen LogP contribution in [0.15, 0.2) is 10.6 Å². The molecule has 4 nitrogen and oxygen atoms in total. The van der Waals surface area contributed by atoms with E-state index in [0.717, 1.165) is 31.0 Å². The zero-order chi connectivity index (χ0) is 12.7. The topological polar surface area (TPSA) is 47.3 Å². The Morgan fingerprint density at radius 2 is 2.12 bits per heavy atom. The van der Waals surface area contributed by atoms with Crippen molar-refractivity contribution in [3.63, 3.8) is 0 Å². The highest BCUT2D eigenvalue weighted by Crippen LogP contribution is 2.07. The third-order valence-electron chi connectivity index (χ3n) is 2.38. The fourth-order valence-corrected chi connectivity index (χ4v) is 1.31. The highest BCUT2D eigenvalue weighted by molar-refractivity contribution is 5.04. The van der Waals surface area contributed by atoms with E-state index in [-0.39, 0.29) is 0 Å². The van der Waals surface area contributed by atoms with E-state index in [1.54, 1.807) is 0 Å². The minimum Gasteiger partial charge on any atom is -0.373 e. The summed E-state index contributed by atoms with van der Waals surface area (Å²) >= 11 is 0. The van der Waals surface area contributed by atoms with Crippen LogP contribution in [0.4, 0.5) is 0 Å². The van der Waals surface area contributed by atoms with E-state index in [2.05, 4.69) is 38.2 Å². The molecular formula is C13H24N2O2. The maximum Gasteiger partial charge on any atom is 0.162 e. The molecule has 0 unspecified atom stereocenters. The molecule has 1 aromatic rings. The zero-order valence-corrected chi connectivity index (χ0v) is 11.3. The average Bonchev–Trinajstić information content (AvgIpc) is 2.69. The van der Waals surface area contributed by atoms with Crippen molar-refractivity contribution in [2.24, 2.45) is 5.92 Å². The van der Waals surface area contributed by atoms with Gasteiger partial charge in [-0.25, -0.2) is 0 Å². The Labute approximate surface area is 104 Å². The van der Waals surface area contributed by atoms with E-state index >= 15 is 0 Å². The SMILES string of the molecule is CC(C)CCOCc1cc(CNC(C)C)no1. The van der Waals surface area contributed by atoms with Gasteiger partial charge in [0.15, 0.2) is 5.76 Å². The molecule has 0 saturated carbocycles. The van der Waals surface area contributed by atoms with Crippen molar-refractivity contribution in [1.29, 1.82) is 0 Å². The van der Waals surface area contributed by atoms with E-state index in [0.29, 0.717) is 18.6 Å². The first-order valence-electron chi connectivity index (χ1n) is 6.33. The van der Waals surface area contributed by atoms with E-state index in [1.807, 2.05) is 6.07 Å². The third kappa shape index (κ3) is 6.44. The van der Waals surface area contributed by atoms with Gasteiger partial charge in [0, 0.05) is 25.3 Å². The van der Waals surface area contributed by atoms with Crippen LogP contribution in [0.2, 0.25) is 0 Å². The molecule has 0 aliphatic heterocycles. The Kier molecular flexibility index (Phi) is 6.22. The lowest BCUT2D eigenvalue weighted by Gasteiger charge is -2.04. The largest absolute Gasteiger partial charge is 0.373 e. The summed E-state index contributed by atoms with van der Waals surface area (Å²) in [5.41, 5.74) is 0.932. The van der Waals surface area contributed by atoms with Crippen LogP contribution < -0.4 is 5.32 Å². The van der Waals surface area contributed by atoms with Crippen molar-refractivity contribution >= 4 is 0 Å². The molecule has 0 aliphatic rings. The summed E-state index contributed by atoms with van der Waals surface area (Å²) < 4.78 is 10.7. The molecule has 0 radical (unpaired) electrons. The van der Waals surface area contributed by atoms with Crippen molar-refractivity contribution in [2.45, 2.75) is 53.3 Å². The number of hydrogen-bond acceptors (Lipinski definition) is 4. The lowest BCUT2D eigenvalue weighted by atomic mass is 10.1.